The Labute approximate surface area is 249 Å². The standard InChI is InChI=1S/C33H36F3N5O2/c1-43-31-9-4-25(21-37-31)23-38-13-11-29(12-14-38)41-15-10-26-20-27(5-8-30(26)41)32(42)40-18-16-39(17-19-40)22-24-2-6-28(7-3-24)33(34,35)36/h2-10,15,20-21,29H,11-14,16-19,22-23H2,1H3. The Bertz CT molecular complexity index is 1540. The number of pyridine rings is 1. The number of carbonyl (C=O) groups excluding carboxylic acids is 1. The number of amides is 1. The molecule has 2 fully saturated rings. The van der Waals surface area contributed by atoms with E-state index in [0.717, 1.165) is 61.1 Å². The number of ether oxygens (including phenoxy) is 1. The first-order chi connectivity index (χ1) is 20.8. The van der Waals surface area contributed by atoms with Crippen LogP contribution in [-0.2, 0) is 19.3 Å². The van der Waals surface area contributed by atoms with Gasteiger partial charge in [-0.3, -0.25) is 14.6 Å². The third-order valence-corrected chi connectivity index (χ3v) is 8.68. The van der Waals surface area contributed by atoms with Crippen LogP contribution in [0.4, 0.5) is 13.2 Å². The average Bonchev–Trinajstić information content (AvgIpc) is 3.45. The third kappa shape index (κ3) is 6.70. The fraction of sp³-hybridized carbons (Fsp3) is 0.394. The molecule has 2 saturated heterocycles. The van der Waals surface area contributed by atoms with Gasteiger partial charge in [0, 0.05) is 93.3 Å². The number of likely N-dealkylation sites (tertiary alicyclic amines) is 1. The first kappa shape index (κ1) is 29.2. The van der Waals surface area contributed by atoms with Crippen LogP contribution in [-0.4, -0.2) is 76.5 Å². The van der Waals surface area contributed by atoms with Crippen molar-refractivity contribution in [2.75, 3.05) is 46.4 Å². The van der Waals surface area contributed by atoms with Gasteiger partial charge in [0.2, 0.25) is 5.88 Å². The van der Waals surface area contributed by atoms with Gasteiger partial charge < -0.3 is 14.2 Å². The van der Waals surface area contributed by atoms with Crippen LogP contribution in [0.5, 0.6) is 5.88 Å². The number of hydrogen-bond donors (Lipinski definition) is 0. The summed E-state index contributed by atoms with van der Waals surface area (Å²) >= 11 is 0. The molecule has 0 bridgehead atoms. The minimum absolute atomic E-state index is 0.0187. The molecule has 0 N–H and O–H groups in total. The molecule has 2 aromatic heterocycles. The SMILES string of the molecule is COc1ccc(CN2CCC(n3ccc4cc(C(=O)N5CCN(Cc6ccc(C(F)(F)F)cc6)CC5)ccc43)CC2)cn1. The van der Waals surface area contributed by atoms with E-state index in [9.17, 15) is 18.0 Å². The molecule has 2 aliphatic rings. The molecule has 0 radical (unpaired) electrons. The molecular formula is C33H36F3N5O2. The summed E-state index contributed by atoms with van der Waals surface area (Å²) in [4.78, 5) is 24.2. The molecule has 7 nitrogen and oxygen atoms in total. The number of hydrogen-bond acceptors (Lipinski definition) is 5. The summed E-state index contributed by atoms with van der Waals surface area (Å²) in [6, 6.07) is 17.8. The van der Waals surface area contributed by atoms with Gasteiger partial charge >= 0.3 is 6.18 Å². The molecule has 4 heterocycles. The van der Waals surface area contributed by atoms with Crippen LogP contribution in [0.1, 0.15) is 45.9 Å². The van der Waals surface area contributed by atoms with Gasteiger partial charge in [-0.15, -0.1) is 0 Å². The predicted octanol–water partition coefficient (Wildman–Crippen LogP) is 5.86. The van der Waals surface area contributed by atoms with Crippen molar-refractivity contribution in [2.24, 2.45) is 0 Å². The quantitative estimate of drug-likeness (QED) is 0.270. The fourth-order valence-corrected chi connectivity index (χ4v) is 6.20. The zero-order valence-electron chi connectivity index (χ0n) is 24.3. The average molecular weight is 592 g/mol. The number of benzene rings is 2. The van der Waals surface area contributed by atoms with Gasteiger partial charge in [-0.05, 0) is 60.4 Å². The number of methoxy groups -OCH3 is 1. The first-order valence-electron chi connectivity index (χ1n) is 14.8. The van der Waals surface area contributed by atoms with Gasteiger partial charge in [0.1, 0.15) is 0 Å². The summed E-state index contributed by atoms with van der Waals surface area (Å²) in [7, 11) is 1.62. The molecular weight excluding hydrogens is 555 g/mol. The maximum Gasteiger partial charge on any atom is 0.416 e. The second kappa shape index (κ2) is 12.4. The second-order valence-electron chi connectivity index (χ2n) is 11.5. The smallest absolute Gasteiger partial charge is 0.416 e. The van der Waals surface area contributed by atoms with Crippen molar-refractivity contribution in [3.05, 3.63) is 95.3 Å². The number of piperidine rings is 1. The summed E-state index contributed by atoms with van der Waals surface area (Å²) in [5.41, 5.74) is 3.22. The highest BCUT2D eigenvalue weighted by atomic mass is 19.4. The van der Waals surface area contributed by atoms with Crippen LogP contribution < -0.4 is 4.74 Å². The summed E-state index contributed by atoms with van der Waals surface area (Å²) in [6.45, 7) is 6.00. The highest BCUT2D eigenvalue weighted by Gasteiger charge is 2.30. The van der Waals surface area contributed by atoms with Gasteiger partial charge in [0.15, 0.2) is 0 Å². The van der Waals surface area contributed by atoms with Crippen molar-refractivity contribution in [1.82, 2.24) is 24.3 Å². The maximum atomic E-state index is 13.3. The Kier molecular flexibility index (Phi) is 8.41. The number of aromatic nitrogens is 2. The highest BCUT2D eigenvalue weighted by molar-refractivity contribution is 5.98. The van der Waals surface area contributed by atoms with Gasteiger partial charge in [-0.25, -0.2) is 4.98 Å². The summed E-state index contributed by atoms with van der Waals surface area (Å²) < 4.78 is 46.1. The van der Waals surface area contributed by atoms with Crippen LogP contribution in [0.2, 0.25) is 0 Å². The van der Waals surface area contributed by atoms with E-state index in [2.05, 4.69) is 43.7 Å². The molecule has 2 aliphatic heterocycles. The van der Waals surface area contributed by atoms with E-state index in [1.54, 1.807) is 7.11 Å². The van der Waals surface area contributed by atoms with Crippen LogP contribution in [0, 0.1) is 0 Å². The monoisotopic (exact) mass is 591 g/mol. The lowest BCUT2D eigenvalue weighted by molar-refractivity contribution is -0.137. The normalized spacial score (nSPS) is 17.4. The van der Waals surface area contributed by atoms with E-state index in [1.807, 2.05) is 29.3 Å². The third-order valence-electron chi connectivity index (χ3n) is 8.68. The number of fused-ring (bicyclic) bond motifs is 1. The number of carbonyl (C=O) groups is 1. The Morgan fingerprint density at radius 2 is 1.53 bits per heavy atom. The summed E-state index contributed by atoms with van der Waals surface area (Å²) in [5.74, 6) is 0.648. The lowest BCUT2D eigenvalue weighted by atomic mass is 10.0. The van der Waals surface area contributed by atoms with Crippen LogP contribution in [0.3, 0.4) is 0 Å². The van der Waals surface area contributed by atoms with Crippen molar-refractivity contribution in [3.63, 3.8) is 0 Å². The van der Waals surface area contributed by atoms with E-state index >= 15 is 0 Å². The summed E-state index contributed by atoms with van der Waals surface area (Å²) in [6.07, 6.45) is 1.82. The highest BCUT2D eigenvalue weighted by Crippen LogP contribution is 2.30. The lowest BCUT2D eigenvalue weighted by Crippen LogP contribution is -2.48. The van der Waals surface area contributed by atoms with Gasteiger partial charge in [-0.2, -0.15) is 13.2 Å². The van der Waals surface area contributed by atoms with E-state index in [1.165, 1.54) is 17.7 Å². The van der Waals surface area contributed by atoms with Crippen molar-refractivity contribution >= 4 is 16.8 Å². The molecule has 2 aromatic carbocycles. The van der Waals surface area contributed by atoms with Gasteiger partial charge in [0.25, 0.3) is 5.91 Å². The van der Waals surface area contributed by atoms with E-state index in [-0.39, 0.29) is 5.91 Å². The Balaban J connectivity index is 1.01. The molecule has 0 unspecified atom stereocenters. The summed E-state index contributed by atoms with van der Waals surface area (Å²) in [5, 5.41) is 1.07. The molecule has 0 aliphatic carbocycles. The predicted molar refractivity (Wildman–Crippen MR) is 159 cm³/mol. The van der Waals surface area contributed by atoms with E-state index in [0.29, 0.717) is 50.2 Å². The van der Waals surface area contributed by atoms with Crippen LogP contribution in [0.15, 0.2) is 73.1 Å². The van der Waals surface area contributed by atoms with Crippen molar-refractivity contribution < 1.29 is 22.7 Å². The molecule has 0 saturated carbocycles. The van der Waals surface area contributed by atoms with Crippen LogP contribution in [0.25, 0.3) is 10.9 Å². The Morgan fingerprint density at radius 3 is 2.19 bits per heavy atom. The molecule has 43 heavy (non-hydrogen) atoms. The minimum atomic E-state index is -4.33. The zero-order valence-corrected chi connectivity index (χ0v) is 24.3. The van der Waals surface area contributed by atoms with E-state index < -0.39 is 11.7 Å². The molecule has 0 atom stereocenters. The minimum Gasteiger partial charge on any atom is -0.481 e. The van der Waals surface area contributed by atoms with Crippen molar-refractivity contribution in [1.29, 1.82) is 0 Å². The number of piperazine rings is 1. The zero-order chi connectivity index (χ0) is 30.0. The molecule has 4 aromatic rings. The molecule has 1 amide bonds. The van der Waals surface area contributed by atoms with E-state index in [4.69, 9.17) is 4.74 Å². The molecule has 0 spiro atoms. The maximum absolute atomic E-state index is 13.3. The topological polar surface area (TPSA) is 53.8 Å². The number of alkyl halides is 3. The first-order valence-corrected chi connectivity index (χ1v) is 14.8. The largest absolute Gasteiger partial charge is 0.481 e. The van der Waals surface area contributed by atoms with Crippen molar-refractivity contribution in [3.8, 4) is 5.88 Å². The Morgan fingerprint density at radius 1 is 0.860 bits per heavy atom. The second-order valence-corrected chi connectivity index (χ2v) is 11.5. The van der Waals surface area contributed by atoms with Gasteiger partial charge in [-0.1, -0.05) is 18.2 Å². The molecule has 10 heteroatoms. The Hall–Kier alpha value is -3.89. The lowest BCUT2D eigenvalue weighted by Gasteiger charge is -2.35. The molecule has 226 valence electrons. The number of halogens is 3. The van der Waals surface area contributed by atoms with Crippen LogP contribution >= 0.6 is 0 Å². The molecule has 6 rings (SSSR count). The number of nitrogens with zero attached hydrogens (tertiary/aromatic N) is 5. The fourth-order valence-electron chi connectivity index (χ4n) is 6.20. The van der Waals surface area contributed by atoms with Crippen molar-refractivity contribution in [2.45, 2.75) is 38.1 Å². The number of rotatable bonds is 7. The van der Waals surface area contributed by atoms with Gasteiger partial charge in [0.05, 0.1) is 12.7 Å².